The van der Waals surface area contributed by atoms with E-state index >= 15 is 0 Å². The zero-order valence-corrected chi connectivity index (χ0v) is 8.33. The van der Waals surface area contributed by atoms with Gasteiger partial charge in [-0.05, 0) is 17.7 Å². The maximum absolute atomic E-state index is 12.9. The summed E-state index contributed by atoms with van der Waals surface area (Å²) in [6.45, 7) is 1.08. The molecule has 0 aliphatic heterocycles. The van der Waals surface area contributed by atoms with Gasteiger partial charge < -0.3 is 16.2 Å². The zero-order valence-electron chi connectivity index (χ0n) is 8.33. The summed E-state index contributed by atoms with van der Waals surface area (Å²) in [5.41, 5.74) is 5.95. The summed E-state index contributed by atoms with van der Waals surface area (Å²) >= 11 is 0. The summed E-state index contributed by atoms with van der Waals surface area (Å²) in [6, 6.07) is 3.52. The SMILES string of the molecule is CC(=O)NC(CO)c1ccc(F)c(N)c1. The van der Waals surface area contributed by atoms with Crippen LogP contribution in [0.4, 0.5) is 10.1 Å². The summed E-state index contributed by atoms with van der Waals surface area (Å²) in [4.78, 5) is 10.8. The van der Waals surface area contributed by atoms with Gasteiger partial charge in [0.2, 0.25) is 5.91 Å². The van der Waals surface area contributed by atoms with Gasteiger partial charge in [-0.15, -0.1) is 0 Å². The molecule has 15 heavy (non-hydrogen) atoms. The average molecular weight is 212 g/mol. The van der Waals surface area contributed by atoms with Gasteiger partial charge in [0.05, 0.1) is 18.3 Å². The van der Waals surface area contributed by atoms with Crippen molar-refractivity contribution in [1.29, 1.82) is 0 Å². The highest BCUT2D eigenvalue weighted by Gasteiger charge is 2.12. The minimum Gasteiger partial charge on any atom is -0.396 e. The topological polar surface area (TPSA) is 75.3 Å². The number of hydrogen-bond donors (Lipinski definition) is 3. The van der Waals surface area contributed by atoms with Crippen molar-refractivity contribution in [3.8, 4) is 0 Å². The van der Waals surface area contributed by atoms with Crippen LogP contribution in [0.2, 0.25) is 0 Å². The molecule has 4 N–H and O–H groups in total. The molecule has 1 aromatic rings. The van der Waals surface area contributed by atoms with E-state index in [1.807, 2.05) is 0 Å². The average Bonchev–Trinajstić information content (AvgIpc) is 2.18. The van der Waals surface area contributed by atoms with E-state index in [0.717, 1.165) is 0 Å². The van der Waals surface area contributed by atoms with Crippen LogP contribution in [0.15, 0.2) is 18.2 Å². The van der Waals surface area contributed by atoms with E-state index in [1.54, 1.807) is 0 Å². The van der Waals surface area contributed by atoms with Crippen LogP contribution in [0.3, 0.4) is 0 Å². The van der Waals surface area contributed by atoms with Crippen LogP contribution in [0.5, 0.6) is 0 Å². The van der Waals surface area contributed by atoms with E-state index in [4.69, 9.17) is 10.8 Å². The number of benzene rings is 1. The molecule has 0 aliphatic carbocycles. The normalized spacial score (nSPS) is 12.2. The number of halogens is 1. The van der Waals surface area contributed by atoms with Gasteiger partial charge in [0.25, 0.3) is 0 Å². The molecule has 0 bridgehead atoms. The van der Waals surface area contributed by atoms with Gasteiger partial charge in [0, 0.05) is 6.92 Å². The molecule has 82 valence electrons. The van der Waals surface area contributed by atoms with E-state index < -0.39 is 11.9 Å². The fourth-order valence-electron chi connectivity index (χ4n) is 1.26. The maximum atomic E-state index is 12.9. The Labute approximate surface area is 86.9 Å². The van der Waals surface area contributed by atoms with Crippen molar-refractivity contribution in [3.63, 3.8) is 0 Å². The number of nitrogen functional groups attached to an aromatic ring is 1. The molecule has 0 heterocycles. The number of carbonyl (C=O) groups is 1. The Morgan fingerprint density at radius 1 is 1.67 bits per heavy atom. The first-order chi connectivity index (χ1) is 7.04. The van der Waals surface area contributed by atoms with Gasteiger partial charge in [-0.3, -0.25) is 4.79 Å². The number of amides is 1. The first-order valence-electron chi connectivity index (χ1n) is 4.47. The first-order valence-corrected chi connectivity index (χ1v) is 4.47. The van der Waals surface area contributed by atoms with Crippen LogP contribution in [0.25, 0.3) is 0 Å². The molecule has 5 heteroatoms. The number of rotatable bonds is 3. The van der Waals surface area contributed by atoms with Crippen LogP contribution in [0.1, 0.15) is 18.5 Å². The monoisotopic (exact) mass is 212 g/mol. The third-order valence-corrected chi connectivity index (χ3v) is 1.98. The van der Waals surface area contributed by atoms with Crippen molar-refractivity contribution in [1.82, 2.24) is 5.32 Å². The van der Waals surface area contributed by atoms with E-state index in [0.29, 0.717) is 5.56 Å². The highest BCUT2D eigenvalue weighted by atomic mass is 19.1. The lowest BCUT2D eigenvalue weighted by atomic mass is 10.1. The predicted octanol–water partition coefficient (Wildman–Crippen LogP) is 0.577. The molecule has 1 amide bonds. The molecule has 0 spiro atoms. The van der Waals surface area contributed by atoms with Crippen molar-refractivity contribution >= 4 is 11.6 Å². The Morgan fingerprint density at radius 3 is 2.80 bits per heavy atom. The molecule has 0 saturated carbocycles. The minimum absolute atomic E-state index is 0.00342. The molecular weight excluding hydrogens is 199 g/mol. The molecule has 0 radical (unpaired) electrons. The Balaban J connectivity index is 2.92. The van der Waals surface area contributed by atoms with Crippen molar-refractivity contribution in [2.75, 3.05) is 12.3 Å². The number of carbonyl (C=O) groups excluding carboxylic acids is 1. The zero-order chi connectivity index (χ0) is 11.4. The lowest BCUT2D eigenvalue weighted by Crippen LogP contribution is -2.28. The first kappa shape index (κ1) is 11.5. The van der Waals surface area contributed by atoms with E-state index in [9.17, 15) is 9.18 Å². The molecule has 1 rings (SSSR count). The molecule has 1 unspecified atom stereocenters. The van der Waals surface area contributed by atoms with Gasteiger partial charge in [0.15, 0.2) is 0 Å². The number of aliphatic hydroxyl groups is 1. The van der Waals surface area contributed by atoms with Crippen LogP contribution in [0, 0.1) is 5.82 Å². The Morgan fingerprint density at radius 2 is 2.33 bits per heavy atom. The second-order valence-electron chi connectivity index (χ2n) is 3.22. The maximum Gasteiger partial charge on any atom is 0.217 e. The van der Waals surface area contributed by atoms with Gasteiger partial charge in [-0.2, -0.15) is 0 Å². The number of nitrogens with two attached hydrogens (primary N) is 1. The highest BCUT2D eigenvalue weighted by molar-refractivity contribution is 5.73. The largest absolute Gasteiger partial charge is 0.396 e. The summed E-state index contributed by atoms with van der Waals surface area (Å²) in [5.74, 6) is -0.782. The van der Waals surface area contributed by atoms with Crippen molar-refractivity contribution in [2.24, 2.45) is 0 Å². The molecule has 0 aromatic heterocycles. The predicted molar refractivity (Wildman–Crippen MR) is 54.5 cm³/mol. The van der Waals surface area contributed by atoms with Crippen molar-refractivity contribution in [2.45, 2.75) is 13.0 Å². The molecule has 0 fully saturated rings. The summed E-state index contributed by atoms with van der Waals surface area (Å²) < 4.78 is 12.9. The second kappa shape index (κ2) is 4.75. The van der Waals surface area contributed by atoms with Crippen molar-refractivity contribution < 1.29 is 14.3 Å². The molecule has 0 aliphatic rings. The Hall–Kier alpha value is -1.62. The summed E-state index contributed by atoms with van der Waals surface area (Å²) in [6.07, 6.45) is 0. The molecule has 1 aromatic carbocycles. The third kappa shape index (κ3) is 2.92. The highest BCUT2D eigenvalue weighted by Crippen LogP contribution is 2.18. The molecule has 4 nitrogen and oxygen atoms in total. The lowest BCUT2D eigenvalue weighted by molar-refractivity contribution is -0.120. The van der Waals surface area contributed by atoms with Crippen LogP contribution >= 0.6 is 0 Å². The fourth-order valence-corrected chi connectivity index (χ4v) is 1.26. The number of nitrogens with one attached hydrogen (secondary N) is 1. The fraction of sp³-hybridized carbons (Fsp3) is 0.300. The van der Waals surface area contributed by atoms with Gasteiger partial charge in [-0.25, -0.2) is 4.39 Å². The molecular formula is C10H13FN2O2. The van der Waals surface area contributed by atoms with E-state index in [-0.39, 0.29) is 18.2 Å². The summed E-state index contributed by atoms with van der Waals surface area (Å²) in [7, 11) is 0. The molecule has 1 atom stereocenters. The number of anilines is 1. The van der Waals surface area contributed by atoms with Crippen LogP contribution in [-0.4, -0.2) is 17.6 Å². The van der Waals surface area contributed by atoms with Gasteiger partial charge >= 0.3 is 0 Å². The van der Waals surface area contributed by atoms with Crippen molar-refractivity contribution in [3.05, 3.63) is 29.6 Å². The number of hydrogen-bond acceptors (Lipinski definition) is 3. The smallest absolute Gasteiger partial charge is 0.217 e. The minimum atomic E-state index is -0.551. The third-order valence-electron chi connectivity index (χ3n) is 1.98. The van der Waals surface area contributed by atoms with E-state index in [1.165, 1.54) is 25.1 Å². The quantitative estimate of drug-likeness (QED) is 0.641. The Kier molecular flexibility index (Phi) is 3.62. The van der Waals surface area contributed by atoms with Gasteiger partial charge in [-0.1, -0.05) is 6.07 Å². The van der Waals surface area contributed by atoms with Crippen LogP contribution in [-0.2, 0) is 4.79 Å². The van der Waals surface area contributed by atoms with Gasteiger partial charge in [0.1, 0.15) is 5.82 Å². The summed E-state index contributed by atoms with van der Waals surface area (Å²) in [5, 5.41) is 11.6. The van der Waals surface area contributed by atoms with Crippen LogP contribution < -0.4 is 11.1 Å². The van der Waals surface area contributed by atoms with E-state index in [2.05, 4.69) is 5.32 Å². The standard InChI is InChI=1S/C10H13FN2O2/c1-6(15)13-10(5-14)7-2-3-8(11)9(12)4-7/h2-4,10,14H,5,12H2,1H3,(H,13,15). The Bertz CT molecular complexity index is 368. The molecule has 0 saturated heterocycles. The number of aliphatic hydroxyl groups excluding tert-OH is 1. The lowest BCUT2D eigenvalue weighted by Gasteiger charge is -2.15. The second-order valence-corrected chi connectivity index (χ2v) is 3.22.